The Kier molecular flexibility index (Phi) is 6.28. The first-order chi connectivity index (χ1) is 14.0. The number of fused-ring (bicyclic) bond motifs is 1. The van der Waals surface area contributed by atoms with Crippen LogP contribution in [-0.4, -0.2) is 45.6 Å². The van der Waals surface area contributed by atoms with Crippen LogP contribution >= 0.6 is 0 Å². The summed E-state index contributed by atoms with van der Waals surface area (Å²) in [6, 6.07) is 4.44. The molecular formula is C20H22O9. The highest BCUT2D eigenvalue weighted by Gasteiger charge is 2.29. The van der Waals surface area contributed by atoms with Crippen molar-refractivity contribution in [2.45, 2.75) is 18.9 Å². The molecule has 1 atom stereocenters. The van der Waals surface area contributed by atoms with Crippen LogP contribution in [0.15, 0.2) is 27.4 Å². The predicted molar refractivity (Wildman–Crippen MR) is 99.8 cm³/mol. The zero-order valence-corrected chi connectivity index (χ0v) is 16.4. The molecule has 1 aliphatic heterocycles. The van der Waals surface area contributed by atoms with Crippen molar-refractivity contribution >= 4 is 5.97 Å². The van der Waals surface area contributed by atoms with Crippen LogP contribution in [0.4, 0.5) is 0 Å². The van der Waals surface area contributed by atoms with Crippen molar-refractivity contribution in [1.29, 1.82) is 0 Å². The molecule has 0 amide bonds. The van der Waals surface area contributed by atoms with Crippen molar-refractivity contribution in [2.75, 3.05) is 34.5 Å². The van der Waals surface area contributed by atoms with Gasteiger partial charge in [0.2, 0.25) is 16.9 Å². The molecule has 2 aromatic rings. The van der Waals surface area contributed by atoms with E-state index < -0.39 is 23.1 Å². The molecule has 1 aromatic carbocycles. The predicted octanol–water partition coefficient (Wildman–Crippen LogP) is 1.97. The van der Waals surface area contributed by atoms with E-state index in [0.29, 0.717) is 36.0 Å². The second-order valence-electron chi connectivity index (χ2n) is 6.30. The third-order valence-electron chi connectivity index (χ3n) is 4.45. The lowest BCUT2D eigenvalue weighted by atomic mass is 9.91. The number of methoxy groups -OCH3 is 3. The molecule has 0 saturated heterocycles. The van der Waals surface area contributed by atoms with Crippen molar-refractivity contribution in [3.05, 3.63) is 45.5 Å². The Balaban J connectivity index is 2.17. The third-order valence-corrected chi connectivity index (χ3v) is 4.45. The van der Waals surface area contributed by atoms with Gasteiger partial charge in [-0.15, -0.1) is 0 Å². The van der Waals surface area contributed by atoms with Crippen LogP contribution in [0.2, 0.25) is 0 Å². The molecule has 9 heteroatoms. The number of benzene rings is 1. The van der Waals surface area contributed by atoms with Crippen LogP contribution in [0.1, 0.15) is 29.4 Å². The van der Waals surface area contributed by atoms with Gasteiger partial charge in [-0.05, 0) is 17.7 Å². The topological polar surface area (TPSA) is 114 Å². The number of ether oxygens (including phenoxy) is 5. The van der Waals surface area contributed by atoms with Crippen molar-refractivity contribution < 1.29 is 38.0 Å². The lowest BCUT2D eigenvalue weighted by Crippen LogP contribution is -2.18. The third kappa shape index (κ3) is 4.29. The largest absolute Gasteiger partial charge is 0.502 e. The molecule has 9 nitrogen and oxygen atoms in total. The quantitative estimate of drug-likeness (QED) is 0.689. The van der Waals surface area contributed by atoms with Crippen molar-refractivity contribution in [3.8, 4) is 23.0 Å². The summed E-state index contributed by atoms with van der Waals surface area (Å²) in [5, 5.41) is 10.4. The van der Waals surface area contributed by atoms with Gasteiger partial charge in [0.25, 0.3) is 0 Å². The summed E-state index contributed by atoms with van der Waals surface area (Å²) in [4.78, 5) is 24.3. The Hall–Kier alpha value is -3.20. The van der Waals surface area contributed by atoms with Crippen LogP contribution in [0, 0.1) is 0 Å². The summed E-state index contributed by atoms with van der Waals surface area (Å²) in [7, 11) is 4.18. The van der Waals surface area contributed by atoms with Crippen molar-refractivity contribution in [2.24, 2.45) is 0 Å². The van der Waals surface area contributed by atoms with E-state index in [-0.39, 0.29) is 24.5 Å². The first kappa shape index (κ1) is 20.5. The minimum atomic E-state index is -0.836. The Bertz CT molecular complexity index is 930. The summed E-state index contributed by atoms with van der Waals surface area (Å²) in [6.45, 7) is 0.756. The molecule has 0 saturated carbocycles. The maximum atomic E-state index is 12.2. The second kappa shape index (κ2) is 8.87. The molecular weight excluding hydrogens is 384 g/mol. The Labute approximate surface area is 166 Å². The normalized spacial score (nSPS) is 13.6. The van der Waals surface area contributed by atoms with Gasteiger partial charge in [0.1, 0.15) is 25.6 Å². The second-order valence-corrected chi connectivity index (χ2v) is 6.30. The van der Waals surface area contributed by atoms with Crippen LogP contribution in [0.25, 0.3) is 0 Å². The fourth-order valence-electron chi connectivity index (χ4n) is 3.11. The molecule has 2 heterocycles. The Morgan fingerprint density at radius 1 is 1.17 bits per heavy atom. The first-order valence-corrected chi connectivity index (χ1v) is 8.87. The first-order valence-electron chi connectivity index (χ1n) is 8.87. The molecule has 0 unspecified atom stereocenters. The lowest BCUT2D eigenvalue weighted by Gasteiger charge is -2.24. The monoisotopic (exact) mass is 406 g/mol. The van der Waals surface area contributed by atoms with E-state index >= 15 is 0 Å². The van der Waals surface area contributed by atoms with Gasteiger partial charge < -0.3 is 33.2 Å². The molecule has 0 radical (unpaired) electrons. The average Bonchev–Trinajstić information content (AvgIpc) is 2.73. The van der Waals surface area contributed by atoms with Crippen LogP contribution in [0.5, 0.6) is 23.0 Å². The molecule has 156 valence electrons. The van der Waals surface area contributed by atoms with Crippen LogP contribution in [0.3, 0.4) is 0 Å². The fraction of sp³-hybridized carbons (Fsp3) is 0.400. The standard InChI is InChI=1S/C20H22O9/c1-24-10-12-8-14(21)18(23)19(29-12)13(9-17(22)26-3)11-6-15(25-2)20-16(7-11)27-4-5-28-20/h6-8,13,23H,4-5,9-10H2,1-3H3/t13-/m1/s1. The summed E-state index contributed by atoms with van der Waals surface area (Å²) in [5.41, 5.74) is -0.123. The van der Waals surface area contributed by atoms with E-state index in [4.69, 9.17) is 28.1 Å². The van der Waals surface area contributed by atoms with Gasteiger partial charge in [-0.3, -0.25) is 9.59 Å². The summed E-state index contributed by atoms with van der Waals surface area (Å²) < 4.78 is 32.2. The molecule has 0 fully saturated rings. The van der Waals surface area contributed by atoms with Gasteiger partial charge in [-0.25, -0.2) is 0 Å². The van der Waals surface area contributed by atoms with E-state index in [9.17, 15) is 14.7 Å². The van der Waals surface area contributed by atoms with Gasteiger partial charge in [-0.2, -0.15) is 0 Å². The lowest BCUT2D eigenvalue weighted by molar-refractivity contribution is -0.140. The summed E-state index contributed by atoms with van der Waals surface area (Å²) in [6.07, 6.45) is -0.188. The number of hydrogen-bond donors (Lipinski definition) is 1. The maximum absolute atomic E-state index is 12.2. The van der Waals surface area contributed by atoms with Gasteiger partial charge in [0.15, 0.2) is 17.3 Å². The number of esters is 1. The zero-order valence-electron chi connectivity index (χ0n) is 16.4. The Morgan fingerprint density at radius 2 is 1.93 bits per heavy atom. The molecule has 1 aliphatic rings. The van der Waals surface area contributed by atoms with E-state index in [1.807, 2.05) is 0 Å². The van der Waals surface area contributed by atoms with E-state index in [0.717, 1.165) is 6.07 Å². The van der Waals surface area contributed by atoms with E-state index in [2.05, 4.69) is 0 Å². The molecule has 1 aromatic heterocycles. The van der Waals surface area contributed by atoms with E-state index in [1.54, 1.807) is 12.1 Å². The van der Waals surface area contributed by atoms with Gasteiger partial charge >= 0.3 is 5.97 Å². The van der Waals surface area contributed by atoms with Gasteiger partial charge in [0.05, 0.1) is 26.6 Å². The molecule has 0 spiro atoms. The number of carbonyl (C=O) groups is 1. The summed E-state index contributed by atoms with van der Waals surface area (Å²) >= 11 is 0. The van der Waals surface area contributed by atoms with Crippen molar-refractivity contribution in [1.82, 2.24) is 0 Å². The maximum Gasteiger partial charge on any atom is 0.306 e. The van der Waals surface area contributed by atoms with Gasteiger partial charge in [-0.1, -0.05) is 0 Å². The molecule has 0 aliphatic carbocycles. The highest BCUT2D eigenvalue weighted by atomic mass is 16.6. The van der Waals surface area contributed by atoms with Crippen molar-refractivity contribution in [3.63, 3.8) is 0 Å². The number of hydrogen-bond acceptors (Lipinski definition) is 9. The molecule has 1 N–H and O–H groups in total. The SMILES string of the molecule is COCc1cc(=O)c(O)c([C@H](CC(=O)OC)c2cc(OC)c3c(c2)OCCO3)o1. The molecule has 29 heavy (non-hydrogen) atoms. The van der Waals surface area contributed by atoms with Crippen LogP contribution < -0.4 is 19.6 Å². The highest BCUT2D eigenvalue weighted by Crippen LogP contribution is 2.44. The minimum Gasteiger partial charge on any atom is -0.502 e. The minimum absolute atomic E-state index is 0.0257. The van der Waals surface area contributed by atoms with E-state index in [1.165, 1.54) is 21.3 Å². The van der Waals surface area contributed by atoms with Crippen LogP contribution in [-0.2, 0) is 20.9 Å². The molecule has 3 rings (SSSR count). The smallest absolute Gasteiger partial charge is 0.306 e. The number of aromatic hydroxyl groups is 1. The number of rotatable bonds is 7. The summed E-state index contributed by atoms with van der Waals surface area (Å²) in [5.74, 6) is -0.582. The average molecular weight is 406 g/mol. The zero-order chi connectivity index (χ0) is 21.0. The Morgan fingerprint density at radius 3 is 2.62 bits per heavy atom. The molecule has 0 bridgehead atoms. The highest BCUT2D eigenvalue weighted by molar-refractivity contribution is 5.71. The van der Waals surface area contributed by atoms with Gasteiger partial charge in [0, 0.05) is 13.2 Å². The number of carbonyl (C=O) groups excluding carboxylic acids is 1. The fourth-order valence-corrected chi connectivity index (χ4v) is 3.11.